The normalized spacial score (nSPS) is 33.9. The molecule has 2 fully saturated rings. The summed E-state index contributed by atoms with van der Waals surface area (Å²) < 4.78 is 0. The molecule has 3 heteroatoms. The zero-order chi connectivity index (χ0) is 15.0. The molecule has 1 heterocycles. The number of nitrogens with one attached hydrogen (secondary N) is 1. The Hall–Kier alpha value is -0.830. The zero-order valence-corrected chi connectivity index (χ0v) is 13.8. The summed E-state index contributed by atoms with van der Waals surface area (Å²) in [4.78, 5) is 14.3. The third-order valence-electron chi connectivity index (χ3n) is 6.40. The predicted molar refractivity (Wildman–Crippen MR) is 86.0 cm³/mol. The Morgan fingerprint density at radius 2 is 2.24 bits per heavy atom. The lowest BCUT2D eigenvalue weighted by Gasteiger charge is -2.56. The number of amides is 1. The van der Waals surface area contributed by atoms with Crippen molar-refractivity contribution in [2.24, 2.45) is 17.3 Å². The van der Waals surface area contributed by atoms with Crippen LogP contribution in [-0.2, 0) is 4.79 Å². The standard InChI is InChI=1S/C18H30N2O/c1-18(2)14-5-4-13(16(18)12-14)9-11-20-15(8-10-19-3)6-7-17(20)21/h4,14-16,19H,5-12H2,1-3H3/t14-,15-,16-/m0/s1. The van der Waals surface area contributed by atoms with Crippen LogP contribution in [0.4, 0.5) is 0 Å². The van der Waals surface area contributed by atoms with Gasteiger partial charge >= 0.3 is 0 Å². The zero-order valence-electron chi connectivity index (χ0n) is 13.8. The first kappa shape index (κ1) is 15.1. The van der Waals surface area contributed by atoms with Gasteiger partial charge in [-0.15, -0.1) is 0 Å². The summed E-state index contributed by atoms with van der Waals surface area (Å²) in [5.41, 5.74) is 2.14. The smallest absolute Gasteiger partial charge is 0.222 e. The highest BCUT2D eigenvalue weighted by atomic mass is 16.2. The third kappa shape index (κ3) is 2.65. The molecule has 4 rings (SSSR count). The minimum Gasteiger partial charge on any atom is -0.339 e. The van der Waals surface area contributed by atoms with Crippen molar-refractivity contribution in [2.45, 2.75) is 58.4 Å². The van der Waals surface area contributed by atoms with Crippen molar-refractivity contribution in [3.8, 4) is 0 Å². The summed E-state index contributed by atoms with van der Waals surface area (Å²) in [6.07, 6.45) is 9.13. The van der Waals surface area contributed by atoms with Crippen LogP contribution in [0.15, 0.2) is 11.6 Å². The molecule has 0 unspecified atom stereocenters. The second-order valence-corrected chi connectivity index (χ2v) is 7.74. The molecule has 118 valence electrons. The molecule has 4 aliphatic rings. The van der Waals surface area contributed by atoms with Crippen molar-refractivity contribution in [2.75, 3.05) is 20.1 Å². The molecule has 1 aliphatic heterocycles. The Labute approximate surface area is 129 Å². The van der Waals surface area contributed by atoms with Crippen molar-refractivity contribution in [3.05, 3.63) is 11.6 Å². The van der Waals surface area contributed by atoms with E-state index in [1.54, 1.807) is 5.57 Å². The molecular formula is C18H30N2O. The molecule has 0 spiro atoms. The van der Waals surface area contributed by atoms with Crippen LogP contribution in [0.3, 0.4) is 0 Å². The number of hydrogen-bond donors (Lipinski definition) is 1. The number of hydrogen-bond acceptors (Lipinski definition) is 2. The Morgan fingerprint density at radius 3 is 2.90 bits per heavy atom. The molecule has 0 aromatic rings. The van der Waals surface area contributed by atoms with E-state index in [1.807, 2.05) is 7.05 Å². The molecule has 0 radical (unpaired) electrons. The van der Waals surface area contributed by atoms with Crippen LogP contribution in [0.25, 0.3) is 0 Å². The van der Waals surface area contributed by atoms with Crippen molar-refractivity contribution >= 4 is 5.91 Å². The molecular weight excluding hydrogens is 260 g/mol. The van der Waals surface area contributed by atoms with Gasteiger partial charge in [0.25, 0.3) is 0 Å². The van der Waals surface area contributed by atoms with E-state index >= 15 is 0 Å². The van der Waals surface area contributed by atoms with E-state index in [0.717, 1.165) is 50.6 Å². The van der Waals surface area contributed by atoms with Gasteiger partial charge in [-0.2, -0.15) is 0 Å². The second-order valence-electron chi connectivity index (χ2n) is 7.74. The number of carbonyl (C=O) groups excluding carboxylic acids is 1. The summed E-state index contributed by atoms with van der Waals surface area (Å²) in [6, 6.07) is 0.469. The Kier molecular flexibility index (Phi) is 4.13. The van der Waals surface area contributed by atoms with E-state index in [-0.39, 0.29) is 0 Å². The largest absolute Gasteiger partial charge is 0.339 e. The maximum atomic E-state index is 12.1. The first-order valence-corrected chi connectivity index (χ1v) is 8.67. The van der Waals surface area contributed by atoms with E-state index in [2.05, 4.69) is 30.1 Å². The highest BCUT2D eigenvalue weighted by molar-refractivity contribution is 5.78. The second kappa shape index (κ2) is 5.75. The topological polar surface area (TPSA) is 32.3 Å². The van der Waals surface area contributed by atoms with Crippen molar-refractivity contribution < 1.29 is 4.79 Å². The molecule has 2 bridgehead atoms. The quantitative estimate of drug-likeness (QED) is 0.763. The summed E-state index contributed by atoms with van der Waals surface area (Å²) in [7, 11) is 1.99. The average Bonchev–Trinajstić information content (AvgIpc) is 2.83. The van der Waals surface area contributed by atoms with Crippen LogP contribution >= 0.6 is 0 Å². The first-order valence-electron chi connectivity index (χ1n) is 8.67. The molecule has 3 atom stereocenters. The van der Waals surface area contributed by atoms with Crippen molar-refractivity contribution in [1.29, 1.82) is 0 Å². The lowest BCUT2D eigenvalue weighted by atomic mass is 9.48. The highest BCUT2D eigenvalue weighted by Crippen LogP contribution is 2.59. The molecule has 21 heavy (non-hydrogen) atoms. The number of likely N-dealkylation sites (tertiary alicyclic amines) is 1. The van der Waals surface area contributed by atoms with Crippen molar-refractivity contribution in [3.63, 3.8) is 0 Å². The molecule has 0 aromatic carbocycles. The van der Waals surface area contributed by atoms with Gasteiger partial charge in [0.15, 0.2) is 0 Å². The van der Waals surface area contributed by atoms with Crippen LogP contribution in [0, 0.1) is 17.3 Å². The number of fused-ring (bicyclic) bond motifs is 1. The molecule has 0 aromatic heterocycles. The number of carbonyl (C=O) groups is 1. The lowest BCUT2D eigenvalue weighted by molar-refractivity contribution is -0.129. The maximum absolute atomic E-state index is 12.1. The van der Waals surface area contributed by atoms with Gasteiger partial charge in [-0.05, 0) is 62.9 Å². The molecule has 1 saturated heterocycles. The number of nitrogens with zero attached hydrogens (tertiary/aromatic N) is 1. The molecule has 1 amide bonds. The van der Waals surface area contributed by atoms with Crippen LogP contribution in [0.1, 0.15) is 52.4 Å². The Morgan fingerprint density at radius 1 is 1.43 bits per heavy atom. The minimum absolute atomic E-state index is 0.373. The fraction of sp³-hybridized carbons (Fsp3) is 0.833. The summed E-state index contributed by atoms with van der Waals surface area (Å²) in [6.45, 7) is 6.80. The van der Waals surface area contributed by atoms with Gasteiger partial charge in [-0.25, -0.2) is 0 Å². The van der Waals surface area contributed by atoms with Crippen molar-refractivity contribution in [1.82, 2.24) is 10.2 Å². The van der Waals surface area contributed by atoms with Crippen LogP contribution in [0.2, 0.25) is 0 Å². The average molecular weight is 290 g/mol. The Balaban J connectivity index is 1.57. The van der Waals surface area contributed by atoms with E-state index in [0.29, 0.717) is 17.4 Å². The number of allylic oxidation sites excluding steroid dienone is 1. The lowest BCUT2D eigenvalue weighted by Crippen LogP contribution is -2.48. The summed E-state index contributed by atoms with van der Waals surface area (Å²) >= 11 is 0. The van der Waals surface area contributed by atoms with E-state index < -0.39 is 0 Å². The van der Waals surface area contributed by atoms with Gasteiger partial charge in [0.05, 0.1) is 0 Å². The van der Waals surface area contributed by atoms with Gasteiger partial charge < -0.3 is 10.2 Å². The summed E-state index contributed by atoms with van der Waals surface area (Å²) in [5.74, 6) is 2.06. The van der Waals surface area contributed by atoms with E-state index in [4.69, 9.17) is 0 Å². The fourth-order valence-electron chi connectivity index (χ4n) is 4.72. The molecule has 1 N–H and O–H groups in total. The molecule has 3 aliphatic carbocycles. The summed E-state index contributed by atoms with van der Waals surface area (Å²) in [5, 5.41) is 3.21. The number of rotatable bonds is 6. The van der Waals surface area contributed by atoms with Gasteiger partial charge in [0, 0.05) is 19.0 Å². The first-order chi connectivity index (χ1) is 10.0. The van der Waals surface area contributed by atoms with E-state index in [1.165, 1.54) is 12.8 Å². The van der Waals surface area contributed by atoms with Crippen LogP contribution in [-0.4, -0.2) is 37.0 Å². The van der Waals surface area contributed by atoms with Gasteiger partial charge in [-0.3, -0.25) is 4.79 Å². The Bertz CT molecular complexity index is 440. The van der Waals surface area contributed by atoms with Gasteiger partial charge in [-0.1, -0.05) is 25.5 Å². The SMILES string of the molecule is CNCC[C@@H]1CCC(=O)N1CCC1=CC[C@H]2C[C@@H]1C2(C)C. The fourth-order valence-corrected chi connectivity index (χ4v) is 4.72. The van der Waals surface area contributed by atoms with Gasteiger partial charge in [0.1, 0.15) is 0 Å². The monoisotopic (exact) mass is 290 g/mol. The molecule has 3 nitrogen and oxygen atoms in total. The van der Waals surface area contributed by atoms with Crippen LogP contribution in [0.5, 0.6) is 0 Å². The highest BCUT2D eigenvalue weighted by Gasteiger charge is 2.50. The predicted octanol–water partition coefficient (Wildman–Crippen LogP) is 2.97. The van der Waals surface area contributed by atoms with Gasteiger partial charge in [0.2, 0.25) is 5.91 Å². The minimum atomic E-state index is 0.373. The molecule has 1 saturated carbocycles. The third-order valence-corrected chi connectivity index (χ3v) is 6.40. The van der Waals surface area contributed by atoms with Crippen LogP contribution < -0.4 is 5.32 Å². The maximum Gasteiger partial charge on any atom is 0.222 e. The van der Waals surface area contributed by atoms with E-state index in [9.17, 15) is 4.79 Å².